The minimum atomic E-state index is 1.07. The Kier molecular flexibility index (Phi) is 3.66. The first kappa shape index (κ1) is 14.5. The van der Waals surface area contributed by atoms with Crippen LogP contribution < -0.4 is 0 Å². The van der Waals surface area contributed by atoms with Crippen LogP contribution in [0.2, 0.25) is 0 Å². The van der Waals surface area contributed by atoms with Gasteiger partial charge in [0.05, 0.1) is 0 Å². The fraction of sp³-hybridized carbons (Fsp3) is 0. The number of hydrogen-bond donors (Lipinski definition) is 0. The highest BCUT2D eigenvalue weighted by molar-refractivity contribution is 14.1. The fourth-order valence-corrected chi connectivity index (χ4v) is 3.37. The molecule has 0 N–H and O–H groups in total. The quantitative estimate of drug-likeness (QED) is 0.258. The van der Waals surface area contributed by atoms with Crippen LogP contribution in [-0.4, -0.2) is 0 Å². The van der Waals surface area contributed by atoms with Gasteiger partial charge in [-0.2, -0.15) is 0 Å². The third-order valence-electron chi connectivity index (χ3n) is 4.29. The molecule has 0 aliphatic carbocycles. The van der Waals surface area contributed by atoms with E-state index in [-0.39, 0.29) is 0 Å². The average Bonchev–Trinajstić information content (AvgIpc) is 2.61. The largest absolute Gasteiger partial charge is 0.0906 e. The monoisotopic (exact) mass is 406 g/mol. The topological polar surface area (TPSA) is 0 Å². The molecule has 0 aliphatic rings. The highest BCUT2D eigenvalue weighted by atomic mass is 127. The van der Waals surface area contributed by atoms with Gasteiger partial charge in [0.25, 0.3) is 0 Å². The summed E-state index contributed by atoms with van der Waals surface area (Å²) in [5.74, 6) is 0. The van der Waals surface area contributed by atoms with Crippen molar-refractivity contribution in [3.8, 4) is 0 Å². The highest BCUT2D eigenvalue weighted by Crippen LogP contribution is 2.30. The molecule has 4 aromatic rings. The van der Waals surface area contributed by atoms with Gasteiger partial charge < -0.3 is 0 Å². The molecule has 0 saturated carbocycles. The maximum absolute atomic E-state index is 4.31. The predicted molar refractivity (Wildman–Crippen MR) is 109 cm³/mol. The van der Waals surface area contributed by atoms with Crippen molar-refractivity contribution in [1.29, 1.82) is 0 Å². The molecule has 0 bridgehead atoms. The number of rotatable bonds is 2. The molecular formula is C22H15I. The second-order valence-corrected chi connectivity index (χ2v) is 6.95. The van der Waals surface area contributed by atoms with Crippen LogP contribution in [0.3, 0.4) is 0 Å². The van der Waals surface area contributed by atoms with Crippen LogP contribution in [0.5, 0.6) is 0 Å². The molecule has 4 rings (SSSR count). The van der Waals surface area contributed by atoms with Crippen LogP contribution in [0.25, 0.3) is 27.1 Å². The first-order valence-electron chi connectivity index (χ1n) is 7.59. The molecule has 1 heteroatoms. The number of benzene rings is 4. The zero-order valence-corrected chi connectivity index (χ0v) is 14.7. The molecule has 0 fully saturated rings. The SMILES string of the molecule is C=C(c1ccc(I)cc1)c1ccc2ccc3ccccc3c2c1. The molecule has 0 aromatic heterocycles. The van der Waals surface area contributed by atoms with Crippen molar-refractivity contribution in [2.24, 2.45) is 0 Å². The van der Waals surface area contributed by atoms with Crippen LogP contribution in [0.4, 0.5) is 0 Å². The van der Waals surface area contributed by atoms with Gasteiger partial charge in [0.15, 0.2) is 0 Å². The fourth-order valence-electron chi connectivity index (χ4n) is 3.01. The first-order chi connectivity index (χ1) is 11.2. The molecule has 0 spiro atoms. The molecule has 0 unspecified atom stereocenters. The summed E-state index contributed by atoms with van der Waals surface area (Å²) < 4.78 is 1.24. The lowest BCUT2D eigenvalue weighted by atomic mass is 9.95. The third kappa shape index (κ3) is 2.66. The summed E-state index contributed by atoms with van der Waals surface area (Å²) in [6.07, 6.45) is 0. The second kappa shape index (κ2) is 5.82. The van der Waals surface area contributed by atoms with Gasteiger partial charge in [0.1, 0.15) is 0 Å². The molecule has 4 aromatic carbocycles. The van der Waals surface area contributed by atoms with Gasteiger partial charge in [-0.05, 0) is 79.0 Å². The zero-order valence-electron chi connectivity index (χ0n) is 12.6. The van der Waals surface area contributed by atoms with Gasteiger partial charge in [-0.1, -0.05) is 67.2 Å². The van der Waals surface area contributed by atoms with E-state index in [2.05, 4.69) is 108 Å². The van der Waals surface area contributed by atoms with Gasteiger partial charge in [-0.15, -0.1) is 0 Å². The summed E-state index contributed by atoms with van der Waals surface area (Å²) in [5.41, 5.74) is 3.41. The molecule has 23 heavy (non-hydrogen) atoms. The van der Waals surface area contributed by atoms with Gasteiger partial charge >= 0.3 is 0 Å². The van der Waals surface area contributed by atoms with Crippen molar-refractivity contribution in [3.63, 3.8) is 0 Å². The summed E-state index contributed by atoms with van der Waals surface area (Å²) >= 11 is 2.33. The minimum Gasteiger partial charge on any atom is -0.0906 e. The van der Waals surface area contributed by atoms with Crippen LogP contribution >= 0.6 is 22.6 Å². The lowest BCUT2D eigenvalue weighted by Gasteiger charge is -2.10. The minimum absolute atomic E-state index is 1.07. The van der Waals surface area contributed by atoms with E-state index in [1.165, 1.54) is 36.2 Å². The van der Waals surface area contributed by atoms with Gasteiger partial charge in [-0.3, -0.25) is 0 Å². The Morgan fingerprint density at radius 3 is 2.04 bits per heavy atom. The molecule has 0 saturated heterocycles. The Bertz CT molecular complexity index is 1030. The van der Waals surface area contributed by atoms with Crippen LogP contribution in [0.15, 0.2) is 85.4 Å². The van der Waals surface area contributed by atoms with Crippen molar-refractivity contribution in [1.82, 2.24) is 0 Å². The van der Waals surface area contributed by atoms with E-state index in [1.54, 1.807) is 0 Å². The normalized spacial score (nSPS) is 11.0. The summed E-state index contributed by atoms with van der Waals surface area (Å²) in [6.45, 7) is 4.31. The standard InChI is InChI=1S/C22H15I/c1-15(16-10-12-20(23)13-11-16)19-9-8-18-7-6-17-4-2-3-5-21(17)22(18)14-19/h2-14H,1H2. The van der Waals surface area contributed by atoms with Crippen molar-refractivity contribution in [2.75, 3.05) is 0 Å². The van der Waals surface area contributed by atoms with E-state index in [9.17, 15) is 0 Å². The van der Waals surface area contributed by atoms with Crippen molar-refractivity contribution >= 4 is 49.7 Å². The Labute approximate surface area is 149 Å². The van der Waals surface area contributed by atoms with Crippen molar-refractivity contribution in [3.05, 3.63) is 100 Å². The molecular weight excluding hydrogens is 391 g/mol. The molecule has 0 heterocycles. The summed E-state index contributed by atoms with van der Waals surface area (Å²) in [5, 5.41) is 5.12. The highest BCUT2D eigenvalue weighted by Gasteiger charge is 2.06. The Morgan fingerprint density at radius 1 is 0.652 bits per heavy atom. The third-order valence-corrected chi connectivity index (χ3v) is 5.01. The van der Waals surface area contributed by atoms with Crippen LogP contribution in [-0.2, 0) is 0 Å². The van der Waals surface area contributed by atoms with Gasteiger partial charge in [-0.25, -0.2) is 0 Å². The second-order valence-electron chi connectivity index (χ2n) is 5.71. The number of halogens is 1. The lowest BCUT2D eigenvalue weighted by Crippen LogP contribution is -1.87. The van der Waals surface area contributed by atoms with Crippen LogP contribution in [0.1, 0.15) is 11.1 Å². The summed E-state index contributed by atoms with van der Waals surface area (Å²) in [4.78, 5) is 0. The van der Waals surface area contributed by atoms with E-state index >= 15 is 0 Å². The van der Waals surface area contributed by atoms with E-state index in [0.717, 1.165) is 5.57 Å². The molecule has 0 nitrogen and oxygen atoms in total. The maximum Gasteiger partial charge on any atom is 0.0130 e. The van der Waals surface area contributed by atoms with Crippen molar-refractivity contribution < 1.29 is 0 Å². The lowest BCUT2D eigenvalue weighted by molar-refractivity contribution is 1.55. The smallest absolute Gasteiger partial charge is 0.0130 e. The van der Waals surface area contributed by atoms with E-state index in [0.29, 0.717) is 0 Å². The average molecular weight is 406 g/mol. The molecule has 0 radical (unpaired) electrons. The van der Waals surface area contributed by atoms with E-state index in [4.69, 9.17) is 0 Å². The maximum atomic E-state index is 4.31. The van der Waals surface area contributed by atoms with Crippen molar-refractivity contribution in [2.45, 2.75) is 0 Å². The van der Waals surface area contributed by atoms with Gasteiger partial charge in [0.2, 0.25) is 0 Å². The van der Waals surface area contributed by atoms with E-state index < -0.39 is 0 Å². The van der Waals surface area contributed by atoms with Crippen LogP contribution in [0, 0.1) is 3.57 Å². The molecule has 0 aliphatic heterocycles. The Balaban J connectivity index is 1.89. The summed E-state index contributed by atoms with van der Waals surface area (Å²) in [6, 6.07) is 28.0. The predicted octanol–water partition coefficient (Wildman–Crippen LogP) is 6.66. The molecule has 0 amide bonds. The Morgan fingerprint density at radius 2 is 1.26 bits per heavy atom. The number of hydrogen-bond acceptors (Lipinski definition) is 0. The first-order valence-corrected chi connectivity index (χ1v) is 8.67. The van der Waals surface area contributed by atoms with Gasteiger partial charge in [0, 0.05) is 3.57 Å². The summed E-state index contributed by atoms with van der Waals surface area (Å²) in [7, 11) is 0. The zero-order chi connectivity index (χ0) is 15.8. The Hall–Kier alpha value is -2.13. The molecule has 0 atom stereocenters. The number of fused-ring (bicyclic) bond motifs is 3. The molecule has 110 valence electrons. The van der Waals surface area contributed by atoms with E-state index in [1.807, 2.05) is 0 Å².